The normalized spacial score (nSPS) is 26.9. The van der Waals surface area contributed by atoms with Gasteiger partial charge in [0.2, 0.25) is 11.8 Å². The Balaban J connectivity index is 1.66. The van der Waals surface area contributed by atoms with E-state index in [0.717, 1.165) is 5.56 Å². The third-order valence-electron chi connectivity index (χ3n) is 3.82. The van der Waals surface area contributed by atoms with Crippen LogP contribution in [0.4, 0.5) is 0 Å². The van der Waals surface area contributed by atoms with E-state index in [-0.39, 0.29) is 0 Å². The van der Waals surface area contributed by atoms with Gasteiger partial charge in [-0.1, -0.05) is 0 Å². The highest BCUT2D eigenvalue weighted by molar-refractivity contribution is 5.49. The molecule has 0 aromatic carbocycles. The second-order valence-corrected chi connectivity index (χ2v) is 5.60. The number of β-amino-alcohol motifs (C(OH)–C–C–N with tert-alkyl or cyclic N) is 1. The predicted molar refractivity (Wildman–Crippen MR) is 74.1 cm³/mol. The number of rotatable bonds is 3. The molecule has 0 unspecified atom stereocenters. The zero-order chi connectivity index (χ0) is 14.9. The molecule has 0 bridgehead atoms. The monoisotopic (exact) mass is 290 g/mol. The fourth-order valence-electron chi connectivity index (χ4n) is 2.34. The van der Waals surface area contributed by atoms with Gasteiger partial charge < -0.3 is 14.6 Å². The molecular weight excluding hydrogens is 272 g/mol. The molecule has 1 aliphatic rings. The molecule has 1 fully saturated rings. The maximum atomic E-state index is 9.94. The van der Waals surface area contributed by atoms with Crippen LogP contribution in [-0.4, -0.2) is 55.1 Å². The summed E-state index contributed by atoms with van der Waals surface area (Å²) < 4.78 is 5.61. The number of hydrogen-bond donors (Lipinski definition) is 2. The van der Waals surface area contributed by atoms with Crippen molar-refractivity contribution in [3.8, 4) is 11.5 Å². The molecule has 0 saturated carbocycles. The van der Waals surface area contributed by atoms with Crippen LogP contribution in [0.1, 0.15) is 19.2 Å². The Labute approximate surface area is 122 Å². The van der Waals surface area contributed by atoms with Crippen molar-refractivity contribution in [2.24, 2.45) is 0 Å². The zero-order valence-electron chi connectivity index (χ0n) is 11.8. The molecule has 112 valence electrons. The van der Waals surface area contributed by atoms with E-state index < -0.39 is 11.7 Å². The van der Waals surface area contributed by atoms with Crippen molar-refractivity contribution in [2.45, 2.75) is 31.6 Å². The Kier molecular flexibility index (Phi) is 3.71. The van der Waals surface area contributed by atoms with Gasteiger partial charge in [-0.25, -0.2) is 0 Å². The van der Waals surface area contributed by atoms with Crippen LogP contribution < -0.4 is 0 Å². The molecule has 1 aliphatic heterocycles. The van der Waals surface area contributed by atoms with Gasteiger partial charge in [0.1, 0.15) is 0 Å². The first-order chi connectivity index (χ1) is 10.0. The van der Waals surface area contributed by atoms with Gasteiger partial charge in [-0.05, 0) is 25.5 Å². The molecule has 7 nitrogen and oxygen atoms in total. The topological polar surface area (TPSA) is 95.5 Å². The zero-order valence-corrected chi connectivity index (χ0v) is 11.8. The van der Waals surface area contributed by atoms with Crippen LogP contribution >= 0.6 is 0 Å². The summed E-state index contributed by atoms with van der Waals surface area (Å²) in [4.78, 5) is 6.00. The molecule has 2 N–H and O–H groups in total. The van der Waals surface area contributed by atoms with Gasteiger partial charge in [-0.2, -0.15) is 0 Å². The number of likely N-dealkylation sites (tertiary alicyclic amines) is 1. The summed E-state index contributed by atoms with van der Waals surface area (Å²) in [6, 6.07) is 3.66. The SMILES string of the molecule is C[C@@]1(O)CCN(Cc2nnc(-c3cccnc3)o2)C[C@@H]1O. The van der Waals surface area contributed by atoms with Crippen molar-refractivity contribution >= 4 is 0 Å². The van der Waals surface area contributed by atoms with Gasteiger partial charge in [0.05, 0.1) is 23.8 Å². The molecule has 7 heteroatoms. The van der Waals surface area contributed by atoms with Crippen molar-refractivity contribution in [2.75, 3.05) is 13.1 Å². The molecule has 3 heterocycles. The summed E-state index contributed by atoms with van der Waals surface area (Å²) >= 11 is 0. The fraction of sp³-hybridized carbons (Fsp3) is 0.500. The van der Waals surface area contributed by atoms with Gasteiger partial charge >= 0.3 is 0 Å². The molecule has 0 radical (unpaired) electrons. The lowest BCUT2D eigenvalue weighted by Gasteiger charge is -2.39. The van der Waals surface area contributed by atoms with Crippen molar-refractivity contribution in [1.29, 1.82) is 0 Å². The Hall–Kier alpha value is -1.83. The molecule has 0 amide bonds. The van der Waals surface area contributed by atoms with E-state index >= 15 is 0 Å². The number of aliphatic hydroxyl groups is 2. The first-order valence-electron chi connectivity index (χ1n) is 6.90. The van der Waals surface area contributed by atoms with E-state index in [1.807, 2.05) is 17.0 Å². The minimum atomic E-state index is -1.02. The van der Waals surface area contributed by atoms with Crippen LogP contribution in [0.2, 0.25) is 0 Å². The summed E-state index contributed by atoms with van der Waals surface area (Å²) in [7, 11) is 0. The van der Waals surface area contributed by atoms with E-state index in [9.17, 15) is 10.2 Å². The van der Waals surface area contributed by atoms with Crippen molar-refractivity contribution in [3.05, 3.63) is 30.4 Å². The van der Waals surface area contributed by atoms with Gasteiger partial charge in [0, 0.05) is 25.5 Å². The van der Waals surface area contributed by atoms with Gasteiger partial charge in [0.15, 0.2) is 0 Å². The Morgan fingerprint density at radius 3 is 3.05 bits per heavy atom. The van der Waals surface area contributed by atoms with E-state index in [0.29, 0.717) is 37.8 Å². The molecule has 2 atom stereocenters. The van der Waals surface area contributed by atoms with Crippen LogP contribution in [0.25, 0.3) is 11.5 Å². The van der Waals surface area contributed by atoms with Crippen molar-refractivity contribution in [1.82, 2.24) is 20.1 Å². The largest absolute Gasteiger partial charge is 0.419 e. The number of nitrogens with zero attached hydrogens (tertiary/aromatic N) is 4. The summed E-state index contributed by atoms with van der Waals surface area (Å²) in [5.74, 6) is 0.922. The quantitative estimate of drug-likeness (QED) is 0.847. The molecule has 0 spiro atoms. The first kappa shape index (κ1) is 14.1. The Morgan fingerprint density at radius 2 is 2.33 bits per heavy atom. The number of aromatic nitrogens is 3. The van der Waals surface area contributed by atoms with Gasteiger partial charge in [0.25, 0.3) is 0 Å². The summed E-state index contributed by atoms with van der Waals surface area (Å²) in [6.45, 7) is 3.18. The van der Waals surface area contributed by atoms with E-state index in [1.54, 1.807) is 19.3 Å². The minimum absolute atomic E-state index is 0.387. The smallest absolute Gasteiger partial charge is 0.249 e. The molecule has 2 aromatic rings. The maximum Gasteiger partial charge on any atom is 0.249 e. The van der Waals surface area contributed by atoms with Gasteiger partial charge in [-0.15, -0.1) is 10.2 Å². The fourth-order valence-corrected chi connectivity index (χ4v) is 2.34. The third kappa shape index (κ3) is 3.10. The third-order valence-corrected chi connectivity index (χ3v) is 3.82. The Morgan fingerprint density at radius 1 is 1.48 bits per heavy atom. The minimum Gasteiger partial charge on any atom is -0.419 e. The number of pyridine rings is 1. The summed E-state index contributed by atoms with van der Waals surface area (Å²) in [5.41, 5.74) is -0.246. The lowest BCUT2D eigenvalue weighted by Crippen LogP contribution is -2.53. The molecule has 21 heavy (non-hydrogen) atoms. The van der Waals surface area contributed by atoms with Gasteiger partial charge in [-0.3, -0.25) is 9.88 Å². The van der Waals surface area contributed by atoms with Crippen LogP contribution in [0, 0.1) is 0 Å². The number of hydrogen-bond acceptors (Lipinski definition) is 7. The lowest BCUT2D eigenvalue weighted by molar-refractivity contribution is -0.109. The van der Waals surface area contributed by atoms with Crippen LogP contribution in [0.15, 0.2) is 28.9 Å². The average molecular weight is 290 g/mol. The molecule has 2 aromatic heterocycles. The van der Waals surface area contributed by atoms with Crippen molar-refractivity contribution in [3.63, 3.8) is 0 Å². The van der Waals surface area contributed by atoms with E-state index in [4.69, 9.17) is 4.42 Å². The summed E-state index contributed by atoms with van der Waals surface area (Å²) in [5, 5.41) is 27.9. The highest BCUT2D eigenvalue weighted by Crippen LogP contribution is 2.23. The molecule has 0 aliphatic carbocycles. The second kappa shape index (κ2) is 5.51. The first-order valence-corrected chi connectivity index (χ1v) is 6.90. The number of piperidine rings is 1. The van der Waals surface area contributed by atoms with E-state index in [2.05, 4.69) is 15.2 Å². The maximum absolute atomic E-state index is 9.94. The second-order valence-electron chi connectivity index (χ2n) is 5.60. The standard InChI is InChI=1S/C14H18N4O3/c1-14(20)4-6-18(8-11(14)19)9-12-16-17-13(21-12)10-3-2-5-15-7-10/h2-3,5,7,11,19-20H,4,6,8-9H2,1H3/t11-,14+/m0/s1. The predicted octanol–water partition coefficient (Wildman–Crippen LogP) is 0.449. The van der Waals surface area contributed by atoms with Crippen molar-refractivity contribution < 1.29 is 14.6 Å². The lowest BCUT2D eigenvalue weighted by atomic mass is 9.91. The highest BCUT2D eigenvalue weighted by Gasteiger charge is 2.36. The van der Waals surface area contributed by atoms with Crippen LogP contribution in [-0.2, 0) is 6.54 Å². The van der Waals surface area contributed by atoms with Crippen LogP contribution in [0.5, 0.6) is 0 Å². The molecule has 3 rings (SSSR count). The average Bonchev–Trinajstić information content (AvgIpc) is 2.93. The number of aliphatic hydroxyl groups excluding tert-OH is 1. The Bertz CT molecular complexity index is 599. The van der Waals surface area contributed by atoms with Crippen LogP contribution in [0.3, 0.4) is 0 Å². The van der Waals surface area contributed by atoms with E-state index in [1.165, 1.54) is 0 Å². The molecular formula is C14H18N4O3. The summed E-state index contributed by atoms with van der Waals surface area (Å²) in [6.07, 6.45) is 3.09. The molecule has 1 saturated heterocycles. The highest BCUT2D eigenvalue weighted by atomic mass is 16.4.